The molecule has 1 aliphatic heterocycles. The second kappa shape index (κ2) is 6.10. The highest BCUT2D eigenvalue weighted by molar-refractivity contribution is 5.82. The smallest absolute Gasteiger partial charge is 0.237 e. The van der Waals surface area contributed by atoms with Crippen LogP contribution < -0.4 is 10.6 Å². The summed E-state index contributed by atoms with van der Waals surface area (Å²) >= 11 is 0. The lowest BCUT2D eigenvalue weighted by molar-refractivity contribution is -0.124. The molecule has 1 aromatic carbocycles. The Balaban J connectivity index is 2.04. The van der Waals surface area contributed by atoms with Gasteiger partial charge in [0, 0.05) is 5.56 Å². The van der Waals surface area contributed by atoms with Crippen LogP contribution in [0.2, 0.25) is 0 Å². The van der Waals surface area contributed by atoms with Gasteiger partial charge in [0.2, 0.25) is 5.91 Å². The molecule has 2 rings (SSSR count). The van der Waals surface area contributed by atoms with Crippen LogP contribution >= 0.6 is 0 Å². The Morgan fingerprint density at radius 3 is 2.63 bits per heavy atom. The van der Waals surface area contributed by atoms with Crippen LogP contribution in [0.5, 0.6) is 0 Å². The number of carbonyl (C=O) groups is 1. The van der Waals surface area contributed by atoms with E-state index in [4.69, 9.17) is 0 Å². The maximum atomic E-state index is 13.6. The molecule has 3 nitrogen and oxygen atoms in total. The molecule has 0 spiro atoms. The molecule has 0 bridgehead atoms. The predicted molar refractivity (Wildman–Crippen MR) is 68.6 cm³/mol. The number of halogens is 2. The average Bonchev–Trinajstić information content (AvgIpc) is 2.39. The summed E-state index contributed by atoms with van der Waals surface area (Å²) in [5.74, 6) is -1.47. The Labute approximate surface area is 111 Å². The van der Waals surface area contributed by atoms with Gasteiger partial charge in [0.1, 0.15) is 11.6 Å². The zero-order valence-electron chi connectivity index (χ0n) is 10.9. The van der Waals surface area contributed by atoms with Crippen LogP contribution in [0.3, 0.4) is 0 Å². The van der Waals surface area contributed by atoms with Gasteiger partial charge in [0.25, 0.3) is 0 Å². The third kappa shape index (κ3) is 3.29. The molecule has 0 radical (unpaired) electrons. The molecule has 1 saturated heterocycles. The first-order valence-corrected chi connectivity index (χ1v) is 6.57. The monoisotopic (exact) mass is 268 g/mol. The molecule has 19 heavy (non-hydrogen) atoms. The lowest BCUT2D eigenvalue weighted by atomic mass is 10.0. The summed E-state index contributed by atoms with van der Waals surface area (Å²) in [5, 5.41) is 5.77. The highest BCUT2D eigenvalue weighted by Gasteiger charge is 2.24. The Morgan fingerprint density at radius 2 is 2.05 bits per heavy atom. The SMILES string of the molecule is CC(NC(=O)C1CCCCN1)c1c(F)cccc1F. The summed E-state index contributed by atoms with van der Waals surface area (Å²) in [4.78, 5) is 12.0. The van der Waals surface area contributed by atoms with Gasteiger partial charge in [-0.05, 0) is 38.4 Å². The van der Waals surface area contributed by atoms with Gasteiger partial charge >= 0.3 is 0 Å². The Hall–Kier alpha value is -1.49. The fourth-order valence-electron chi connectivity index (χ4n) is 2.39. The molecule has 0 aliphatic carbocycles. The Kier molecular flexibility index (Phi) is 4.47. The topological polar surface area (TPSA) is 41.1 Å². The van der Waals surface area contributed by atoms with E-state index in [0.717, 1.165) is 25.8 Å². The van der Waals surface area contributed by atoms with Gasteiger partial charge in [-0.3, -0.25) is 4.79 Å². The Bertz CT molecular complexity index is 439. The van der Waals surface area contributed by atoms with E-state index in [0.29, 0.717) is 0 Å². The minimum atomic E-state index is -0.683. The molecule has 0 aromatic heterocycles. The minimum absolute atomic E-state index is 0.0911. The normalized spacial score (nSPS) is 20.9. The first-order valence-electron chi connectivity index (χ1n) is 6.57. The molecule has 2 atom stereocenters. The van der Waals surface area contributed by atoms with Gasteiger partial charge in [0.15, 0.2) is 0 Å². The van der Waals surface area contributed by atoms with Crippen molar-refractivity contribution >= 4 is 5.91 Å². The highest BCUT2D eigenvalue weighted by atomic mass is 19.1. The van der Waals surface area contributed by atoms with Crippen LogP contribution in [-0.4, -0.2) is 18.5 Å². The van der Waals surface area contributed by atoms with Crippen molar-refractivity contribution < 1.29 is 13.6 Å². The van der Waals surface area contributed by atoms with Crippen LogP contribution in [-0.2, 0) is 4.79 Å². The number of nitrogens with one attached hydrogen (secondary N) is 2. The van der Waals surface area contributed by atoms with Crippen molar-refractivity contribution in [1.82, 2.24) is 10.6 Å². The molecule has 2 unspecified atom stereocenters. The van der Waals surface area contributed by atoms with Gasteiger partial charge in [-0.25, -0.2) is 8.78 Å². The minimum Gasteiger partial charge on any atom is -0.348 e. The molecule has 1 aromatic rings. The van der Waals surface area contributed by atoms with Crippen LogP contribution in [0.1, 0.15) is 37.8 Å². The van der Waals surface area contributed by atoms with Gasteiger partial charge in [-0.1, -0.05) is 12.5 Å². The maximum Gasteiger partial charge on any atom is 0.237 e. The summed E-state index contributed by atoms with van der Waals surface area (Å²) in [7, 11) is 0. The molecule has 1 fully saturated rings. The lowest BCUT2D eigenvalue weighted by Gasteiger charge is -2.25. The number of hydrogen-bond donors (Lipinski definition) is 2. The van der Waals surface area contributed by atoms with Crippen LogP contribution in [0.25, 0.3) is 0 Å². The van der Waals surface area contributed by atoms with Crippen molar-refractivity contribution in [3.8, 4) is 0 Å². The lowest BCUT2D eigenvalue weighted by Crippen LogP contribution is -2.47. The largest absolute Gasteiger partial charge is 0.348 e. The molecule has 1 aliphatic rings. The van der Waals surface area contributed by atoms with Gasteiger partial charge in [0.05, 0.1) is 12.1 Å². The summed E-state index contributed by atoms with van der Waals surface area (Å²) in [6.45, 7) is 2.39. The standard InChI is InChI=1S/C14H18F2N2O/c1-9(13-10(15)5-4-6-11(13)16)18-14(19)12-7-2-3-8-17-12/h4-6,9,12,17H,2-3,7-8H2,1H3,(H,18,19). The quantitative estimate of drug-likeness (QED) is 0.883. The first kappa shape index (κ1) is 13.9. The molecular formula is C14H18F2N2O. The number of hydrogen-bond acceptors (Lipinski definition) is 2. The van der Waals surface area contributed by atoms with Crippen molar-refractivity contribution in [3.05, 3.63) is 35.4 Å². The molecule has 1 amide bonds. The van der Waals surface area contributed by atoms with E-state index in [1.165, 1.54) is 18.2 Å². The maximum absolute atomic E-state index is 13.6. The van der Waals surface area contributed by atoms with Crippen molar-refractivity contribution in [2.45, 2.75) is 38.3 Å². The molecule has 104 valence electrons. The number of benzene rings is 1. The zero-order valence-corrected chi connectivity index (χ0v) is 10.9. The van der Waals surface area contributed by atoms with Gasteiger partial charge < -0.3 is 10.6 Å². The number of carbonyl (C=O) groups excluding carboxylic acids is 1. The summed E-state index contributed by atoms with van der Waals surface area (Å²) in [6, 6.07) is 2.76. The summed E-state index contributed by atoms with van der Waals surface area (Å²) in [5.41, 5.74) is -0.0911. The third-order valence-electron chi connectivity index (χ3n) is 3.42. The fourth-order valence-corrected chi connectivity index (χ4v) is 2.39. The molecule has 1 heterocycles. The van der Waals surface area contributed by atoms with Gasteiger partial charge in [-0.2, -0.15) is 0 Å². The molecule has 5 heteroatoms. The summed E-state index contributed by atoms with van der Waals surface area (Å²) in [6.07, 6.45) is 2.81. The van der Waals surface area contributed by atoms with Crippen molar-refractivity contribution in [1.29, 1.82) is 0 Å². The van der Waals surface area contributed by atoms with Gasteiger partial charge in [-0.15, -0.1) is 0 Å². The number of piperidine rings is 1. The van der Waals surface area contributed by atoms with Crippen LogP contribution in [0.4, 0.5) is 8.78 Å². The average molecular weight is 268 g/mol. The van der Waals surface area contributed by atoms with Crippen molar-refractivity contribution in [2.24, 2.45) is 0 Å². The van der Waals surface area contributed by atoms with Crippen molar-refractivity contribution in [3.63, 3.8) is 0 Å². The van der Waals surface area contributed by atoms with Crippen LogP contribution in [0.15, 0.2) is 18.2 Å². The third-order valence-corrected chi connectivity index (χ3v) is 3.42. The van der Waals surface area contributed by atoms with E-state index in [-0.39, 0.29) is 17.5 Å². The second-order valence-corrected chi connectivity index (χ2v) is 4.87. The molecule has 0 saturated carbocycles. The van der Waals surface area contributed by atoms with E-state index in [9.17, 15) is 13.6 Å². The van der Waals surface area contributed by atoms with E-state index in [1.807, 2.05) is 0 Å². The highest BCUT2D eigenvalue weighted by Crippen LogP contribution is 2.20. The molecule has 2 N–H and O–H groups in total. The number of amides is 1. The molecular weight excluding hydrogens is 250 g/mol. The van der Waals surface area contributed by atoms with E-state index in [2.05, 4.69) is 10.6 Å². The number of rotatable bonds is 3. The predicted octanol–water partition coefficient (Wildman–Crippen LogP) is 2.28. The van der Waals surface area contributed by atoms with E-state index < -0.39 is 17.7 Å². The van der Waals surface area contributed by atoms with Crippen molar-refractivity contribution in [2.75, 3.05) is 6.54 Å². The first-order chi connectivity index (χ1) is 9.09. The van der Waals surface area contributed by atoms with Crippen LogP contribution in [0, 0.1) is 11.6 Å². The summed E-state index contributed by atoms with van der Waals surface area (Å²) < 4.78 is 27.2. The van der Waals surface area contributed by atoms with E-state index in [1.54, 1.807) is 6.92 Å². The van der Waals surface area contributed by atoms with E-state index >= 15 is 0 Å². The Morgan fingerprint density at radius 1 is 1.37 bits per heavy atom. The zero-order chi connectivity index (χ0) is 13.8. The fraction of sp³-hybridized carbons (Fsp3) is 0.500. The second-order valence-electron chi connectivity index (χ2n) is 4.87.